The predicted molar refractivity (Wildman–Crippen MR) is 119 cm³/mol. The van der Waals surface area contributed by atoms with E-state index in [4.69, 9.17) is 0 Å². The Labute approximate surface area is 172 Å². The first-order valence-electron chi connectivity index (χ1n) is 9.69. The maximum Gasteiger partial charge on any atom is 0.330 e. The lowest BCUT2D eigenvalue weighted by Gasteiger charge is -2.11. The summed E-state index contributed by atoms with van der Waals surface area (Å²) < 4.78 is 4.62. The highest BCUT2D eigenvalue weighted by atomic mass is 16.2. The van der Waals surface area contributed by atoms with Crippen LogP contribution in [0.4, 0.5) is 0 Å². The summed E-state index contributed by atoms with van der Waals surface area (Å²) in [6, 6.07) is 18.0. The van der Waals surface area contributed by atoms with Crippen LogP contribution in [0.25, 0.3) is 38.8 Å². The summed E-state index contributed by atoms with van der Waals surface area (Å²) in [5.74, 6) is 0. The fourth-order valence-corrected chi connectivity index (χ4v) is 3.93. The molecular formula is C24H20N4O2. The maximum atomic E-state index is 13.1. The number of aromatic nitrogens is 4. The average Bonchev–Trinajstić information content (AvgIpc) is 3.17. The van der Waals surface area contributed by atoms with E-state index >= 15 is 0 Å². The molecule has 0 unspecified atom stereocenters. The van der Waals surface area contributed by atoms with E-state index in [-0.39, 0.29) is 11.2 Å². The van der Waals surface area contributed by atoms with Crippen LogP contribution in [0, 0.1) is 6.92 Å². The van der Waals surface area contributed by atoms with Gasteiger partial charge in [-0.25, -0.2) is 4.79 Å². The highest BCUT2D eigenvalue weighted by molar-refractivity contribution is 5.95. The van der Waals surface area contributed by atoms with Crippen LogP contribution in [0.1, 0.15) is 5.56 Å². The molecule has 0 bridgehead atoms. The van der Waals surface area contributed by atoms with Gasteiger partial charge in [-0.1, -0.05) is 48.0 Å². The van der Waals surface area contributed by atoms with E-state index in [1.54, 1.807) is 13.2 Å². The van der Waals surface area contributed by atoms with Crippen molar-refractivity contribution in [3.05, 3.63) is 93.4 Å². The van der Waals surface area contributed by atoms with E-state index in [0.717, 1.165) is 38.0 Å². The monoisotopic (exact) mass is 396 g/mol. The SMILES string of the molecule is Cc1ccc(-c2c3c(=O)n(C)c(=O)n(C)c3cn2-c2cnc3ccccc3c2)cc1. The Hall–Kier alpha value is -3.93. The van der Waals surface area contributed by atoms with Gasteiger partial charge in [0.2, 0.25) is 0 Å². The standard InChI is InChI=1S/C24H20N4O2/c1-15-8-10-16(11-9-15)22-21-20(26(2)24(30)27(3)23(21)29)14-28(22)18-12-17-6-4-5-7-19(17)25-13-18/h4-14H,1-3H3. The van der Waals surface area contributed by atoms with Gasteiger partial charge < -0.3 is 4.57 Å². The van der Waals surface area contributed by atoms with Gasteiger partial charge in [-0.3, -0.25) is 18.9 Å². The van der Waals surface area contributed by atoms with Crippen molar-refractivity contribution in [2.75, 3.05) is 0 Å². The number of pyridine rings is 1. The Morgan fingerprint density at radius 3 is 2.40 bits per heavy atom. The molecule has 0 aliphatic heterocycles. The lowest BCUT2D eigenvalue weighted by molar-refractivity contribution is 0.714. The largest absolute Gasteiger partial charge is 0.330 e. The number of nitrogens with zero attached hydrogens (tertiary/aromatic N) is 4. The van der Waals surface area contributed by atoms with Crippen molar-refractivity contribution in [2.45, 2.75) is 6.92 Å². The summed E-state index contributed by atoms with van der Waals surface area (Å²) >= 11 is 0. The van der Waals surface area contributed by atoms with Crippen LogP contribution < -0.4 is 11.2 Å². The molecule has 0 aliphatic carbocycles. The molecule has 0 saturated heterocycles. The molecule has 0 fully saturated rings. The van der Waals surface area contributed by atoms with Gasteiger partial charge in [-0.05, 0) is 24.6 Å². The molecule has 6 nitrogen and oxygen atoms in total. The van der Waals surface area contributed by atoms with E-state index in [0.29, 0.717) is 10.9 Å². The van der Waals surface area contributed by atoms with Gasteiger partial charge in [0.25, 0.3) is 5.56 Å². The molecular weight excluding hydrogens is 376 g/mol. The first-order valence-corrected chi connectivity index (χ1v) is 9.69. The van der Waals surface area contributed by atoms with Crippen LogP contribution in [-0.4, -0.2) is 18.7 Å². The number of para-hydroxylation sites is 1. The summed E-state index contributed by atoms with van der Waals surface area (Å²) in [5.41, 5.74) is 4.44. The van der Waals surface area contributed by atoms with E-state index in [1.807, 2.05) is 72.3 Å². The van der Waals surface area contributed by atoms with Crippen molar-refractivity contribution in [1.29, 1.82) is 0 Å². The molecule has 0 N–H and O–H groups in total. The molecule has 30 heavy (non-hydrogen) atoms. The Balaban J connectivity index is 1.93. The van der Waals surface area contributed by atoms with Crippen molar-refractivity contribution < 1.29 is 0 Å². The minimum atomic E-state index is -0.350. The highest BCUT2D eigenvalue weighted by Gasteiger charge is 2.20. The molecule has 6 heteroatoms. The average molecular weight is 396 g/mol. The topological polar surface area (TPSA) is 61.8 Å². The third-order valence-electron chi connectivity index (χ3n) is 5.62. The number of benzene rings is 2. The number of fused-ring (bicyclic) bond motifs is 2. The Morgan fingerprint density at radius 2 is 1.63 bits per heavy atom. The van der Waals surface area contributed by atoms with Crippen molar-refractivity contribution in [3.63, 3.8) is 0 Å². The third kappa shape index (κ3) is 2.61. The zero-order valence-electron chi connectivity index (χ0n) is 17.0. The van der Waals surface area contributed by atoms with Gasteiger partial charge in [0.05, 0.1) is 34.0 Å². The Bertz CT molecular complexity index is 1550. The zero-order valence-corrected chi connectivity index (χ0v) is 17.0. The maximum absolute atomic E-state index is 13.1. The van der Waals surface area contributed by atoms with Crippen LogP contribution in [0.15, 0.2) is 76.6 Å². The van der Waals surface area contributed by atoms with Crippen LogP contribution in [0.5, 0.6) is 0 Å². The van der Waals surface area contributed by atoms with Crippen molar-refractivity contribution in [2.24, 2.45) is 14.1 Å². The van der Waals surface area contributed by atoms with Gasteiger partial charge >= 0.3 is 5.69 Å². The molecule has 0 radical (unpaired) electrons. The first-order chi connectivity index (χ1) is 14.5. The molecule has 2 aromatic carbocycles. The Kier molecular flexibility index (Phi) is 3.96. The van der Waals surface area contributed by atoms with Crippen molar-refractivity contribution in [1.82, 2.24) is 18.7 Å². The summed E-state index contributed by atoms with van der Waals surface area (Å²) in [7, 11) is 3.20. The van der Waals surface area contributed by atoms with Crippen LogP contribution in [-0.2, 0) is 14.1 Å². The molecule has 5 aromatic rings. The van der Waals surface area contributed by atoms with E-state index in [1.165, 1.54) is 11.6 Å². The van der Waals surface area contributed by atoms with Crippen LogP contribution >= 0.6 is 0 Å². The van der Waals surface area contributed by atoms with Gasteiger partial charge in [0.1, 0.15) is 0 Å². The van der Waals surface area contributed by atoms with Gasteiger partial charge in [-0.2, -0.15) is 0 Å². The Morgan fingerprint density at radius 1 is 0.900 bits per heavy atom. The second kappa shape index (κ2) is 6.56. The van der Waals surface area contributed by atoms with Gasteiger partial charge in [0, 0.05) is 25.7 Å². The number of aryl methyl sites for hydroxylation is 2. The van der Waals surface area contributed by atoms with Crippen LogP contribution in [0.2, 0.25) is 0 Å². The molecule has 0 spiro atoms. The summed E-state index contributed by atoms with van der Waals surface area (Å²) in [4.78, 5) is 30.2. The normalized spacial score (nSPS) is 11.4. The quantitative estimate of drug-likeness (QED) is 0.458. The van der Waals surface area contributed by atoms with Crippen molar-refractivity contribution >= 4 is 21.8 Å². The van der Waals surface area contributed by atoms with E-state index in [2.05, 4.69) is 4.98 Å². The predicted octanol–water partition coefficient (Wildman–Crippen LogP) is 3.55. The molecule has 3 heterocycles. The molecule has 148 valence electrons. The lowest BCUT2D eigenvalue weighted by atomic mass is 10.1. The summed E-state index contributed by atoms with van der Waals surface area (Å²) in [6.07, 6.45) is 3.64. The minimum absolute atomic E-state index is 0.309. The zero-order chi connectivity index (χ0) is 21.0. The fraction of sp³-hybridized carbons (Fsp3) is 0.125. The number of rotatable bonds is 2. The highest BCUT2D eigenvalue weighted by Crippen LogP contribution is 2.31. The molecule has 0 saturated carbocycles. The number of hydrogen-bond acceptors (Lipinski definition) is 3. The number of hydrogen-bond donors (Lipinski definition) is 0. The molecule has 0 atom stereocenters. The lowest BCUT2D eigenvalue weighted by Crippen LogP contribution is -2.36. The van der Waals surface area contributed by atoms with Crippen molar-refractivity contribution in [3.8, 4) is 16.9 Å². The van der Waals surface area contributed by atoms with Gasteiger partial charge in [0.15, 0.2) is 0 Å². The molecule has 5 rings (SSSR count). The smallest absolute Gasteiger partial charge is 0.312 e. The minimum Gasteiger partial charge on any atom is -0.312 e. The van der Waals surface area contributed by atoms with Gasteiger partial charge in [-0.15, -0.1) is 0 Å². The molecule has 0 aliphatic rings. The third-order valence-corrected chi connectivity index (χ3v) is 5.62. The first kappa shape index (κ1) is 18.1. The van der Waals surface area contributed by atoms with E-state index in [9.17, 15) is 9.59 Å². The second-order valence-corrected chi connectivity index (χ2v) is 7.57. The summed E-state index contributed by atoms with van der Waals surface area (Å²) in [6.45, 7) is 2.02. The van der Waals surface area contributed by atoms with Crippen LogP contribution in [0.3, 0.4) is 0 Å². The fourth-order valence-electron chi connectivity index (χ4n) is 3.93. The summed E-state index contributed by atoms with van der Waals surface area (Å²) in [5, 5.41) is 1.51. The van der Waals surface area contributed by atoms with E-state index < -0.39 is 0 Å². The molecule has 3 aromatic heterocycles. The second-order valence-electron chi connectivity index (χ2n) is 7.57. The molecule has 0 amide bonds.